The van der Waals surface area contributed by atoms with E-state index in [-0.39, 0.29) is 16.8 Å². The smallest absolute Gasteiger partial charge is 0.106 e. The van der Waals surface area contributed by atoms with E-state index in [1.54, 1.807) is 0 Å². The van der Waals surface area contributed by atoms with E-state index in [0.29, 0.717) is 0 Å². The Morgan fingerprint density at radius 2 is 1.20 bits per heavy atom. The fraction of sp³-hybridized carbons (Fsp3) is 0.143. The summed E-state index contributed by atoms with van der Waals surface area (Å²) in [6.07, 6.45) is 9.50. The predicted octanol–water partition coefficient (Wildman–Crippen LogP) is 1.13. The van der Waals surface area contributed by atoms with E-state index in [2.05, 4.69) is 24.3 Å². The van der Waals surface area contributed by atoms with Gasteiger partial charge in [-0.1, -0.05) is 24.3 Å². The molecule has 0 saturated heterocycles. The summed E-state index contributed by atoms with van der Waals surface area (Å²) < 4.78 is 0. The molecular formula is C7H10CoO2. The van der Waals surface area contributed by atoms with Crippen LogP contribution in [-0.2, 0) is 26.4 Å². The number of carbonyl (C=O) groups excluding carboxylic acids is 2. The predicted molar refractivity (Wildman–Crippen MR) is 37.1 cm³/mol. The van der Waals surface area contributed by atoms with Crippen LogP contribution in [0.1, 0.15) is 6.42 Å². The molecule has 0 spiro atoms. The number of hydrogen-bond acceptors (Lipinski definition) is 2. The van der Waals surface area contributed by atoms with E-state index in [9.17, 15) is 0 Å². The molecule has 1 rings (SSSR count). The standard InChI is InChI=1S/C5H6.2CH2O.Co/c1-2-4-5-3-1;2*1-2;/h1-4H,5H2;2*1H2;. The van der Waals surface area contributed by atoms with E-state index in [1.807, 2.05) is 13.6 Å². The van der Waals surface area contributed by atoms with Crippen molar-refractivity contribution in [1.29, 1.82) is 0 Å². The van der Waals surface area contributed by atoms with E-state index >= 15 is 0 Å². The topological polar surface area (TPSA) is 34.1 Å². The van der Waals surface area contributed by atoms with Crippen molar-refractivity contribution in [3.63, 3.8) is 0 Å². The van der Waals surface area contributed by atoms with Gasteiger partial charge >= 0.3 is 0 Å². The van der Waals surface area contributed by atoms with Crippen molar-refractivity contribution in [2.24, 2.45) is 0 Å². The maximum absolute atomic E-state index is 8.00. The summed E-state index contributed by atoms with van der Waals surface area (Å²) in [5, 5.41) is 0. The Kier molecular flexibility index (Phi) is 38.6. The third-order valence-electron chi connectivity index (χ3n) is 0.655. The molecule has 0 fully saturated rings. The molecule has 0 amide bonds. The first-order valence-corrected chi connectivity index (χ1v) is 2.39. The quantitative estimate of drug-likeness (QED) is 0.566. The Hall–Kier alpha value is -0.674. The second kappa shape index (κ2) is 23.9. The second-order valence-electron chi connectivity index (χ2n) is 1.09. The van der Waals surface area contributed by atoms with Crippen molar-refractivity contribution in [2.75, 3.05) is 0 Å². The van der Waals surface area contributed by atoms with E-state index in [1.165, 1.54) is 0 Å². The molecule has 0 aromatic rings. The van der Waals surface area contributed by atoms with Crippen LogP contribution >= 0.6 is 0 Å². The van der Waals surface area contributed by atoms with Crippen LogP contribution in [-0.4, -0.2) is 13.6 Å². The number of carbonyl (C=O) groups is 2. The van der Waals surface area contributed by atoms with Gasteiger partial charge in [-0.15, -0.1) is 0 Å². The zero-order valence-electron chi connectivity index (χ0n) is 5.58. The molecule has 0 atom stereocenters. The molecule has 0 unspecified atom stereocenters. The number of allylic oxidation sites excluding steroid dienone is 4. The maximum Gasteiger partial charge on any atom is 0.106 e. The molecule has 0 aromatic heterocycles. The Balaban J connectivity index is -0.0000000875. The van der Waals surface area contributed by atoms with Gasteiger partial charge in [0.05, 0.1) is 0 Å². The SMILES string of the molecule is C1=CCC=C1.C=O.C=O.[Co]. The van der Waals surface area contributed by atoms with Crippen LogP contribution in [0.15, 0.2) is 24.3 Å². The maximum atomic E-state index is 8.00. The second-order valence-corrected chi connectivity index (χ2v) is 1.09. The Morgan fingerprint density at radius 3 is 1.30 bits per heavy atom. The minimum Gasteiger partial charge on any atom is -0.307 e. The van der Waals surface area contributed by atoms with Gasteiger partial charge in [-0.25, -0.2) is 0 Å². The van der Waals surface area contributed by atoms with Crippen LogP contribution in [0.25, 0.3) is 0 Å². The summed E-state index contributed by atoms with van der Waals surface area (Å²) in [7, 11) is 0. The Labute approximate surface area is 71.2 Å². The van der Waals surface area contributed by atoms with Gasteiger partial charge in [0.1, 0.15) is 13.6 Å². The zero-order chi connectivity index (χ0) is 7.54. The molecule has 2 nitrogen and oxygen atoms in total. The molecule has 1 aliphatic carbocycles. The average molecular weight is 185 g/mol. The first-order valence-electron chi connectivity index (χ1n) is 2.39. The summed E-state index contributed by atoms with van der Waals surface area (Å²) in [6.45, 7) is 4.00. The first kappa shape index (κ1) is 16.2. The zero-order valence-corrected chi connectivity index (χ0v) is 6.62. The van der Waals surface area contributed by atoms with Crippen LogP contribution in [0.2, 0.25) is 0 Å². The fourth-order valence-corrected chi connectivity index (χ4v) is 0.393. The van der Waals surface area contributed by atoms with E-state index in [0.717, 1.165) is 6.42 Å². The summed E-state index contributed by atoms with van der Waals surface area (Å²) in [6, 6.07) is 0. The van der Waals surface area contributed by atoms with Crippen LogP contribution in [0.3, 0.4) is 0 Å². The van der Waals surface area contributed by atoms with Crippen LogP contribution in [0.5, 0.6) is 0 Å². The Bertz CT molecular complexity index is 87.8. The van der Waals surface area contributed by atoms with Gasteiger partial charge in [-0.05, 0) is 6.42 Å². The monoisotopic (exact) mass is 185 g/mol. The van der Waals surface area contributed by atoms with Crippen molar-refractivity contribution in [1.82, 2.24) is 0 Å². The molecule has 0 saturated carbocycles. The van der Waals surface area contributed by atoms with Crippen molar-refractivity contribution < 1.29 is 26.4 Å². The molecule has 1 radical (unpaired) electrons. The van der Waals surface area contributed by atoms with Gasteiger partial charge < -0.3 is 9.59 Å². The molecule has 0 bridgehead atoms. The molecule has 3 heteroatoms. The third kappa shape index (κ3) is 15.7. The van der Waals surface area contributed by atoms with E-state index < -0.39 is 0 Å². The Morgan fingerprint density at radius 1 is 0.900 bits per heavy atom. The van der Waals surface area contributed by atoms with Gasteiger partial charge in [0.15, 0.2) is 0 Å². The molecule has 0 aromatic carbocycles. The minimum absolute atomic E-state index is 0. The summed E-state index contributed by atoms with van der Waals surface area (Å²) in [5.74, 6) is 0. The molecule has 10 heavy (non-hydrogen) atoms. The summed E-state index contributed by atoms with van der Waals surface area (Å²) >= 11 is 0. The van der Waals surface area contributed by atoms with Gasteiger partial charge in [-0.2, -0.15) is 0 Å². The molecule has 0 heterocycles. The molecule has 1 aliphatic rings. The van der Waals surface area contributed by atoms with Crippen molar-refractivity contribution in [2.45, 2.75) is 6.42 Å². The summed E-state index contributed by atoms with van der Waals surface area (Å²) in [5.41, 5.74) is 0. The molecule has 0 N–H and O–H groups in total. The molecule has 59 valence electrons. The van der Waals surface area contributed by atoms with Gasteiger partial charge in [0.2, 0.25) is 0 Å². The van der Waals surface area contributed by atoms with Crippen LogP contribution < -0.4 is 0 Å². The van der Waals surface area contributed by atoms with Crippen LogP contribution in [0, 0.1) is 0 Å². The van der Waals surface area contributed by atoms with Crippen LogP contribution in [0.4, 0.5) is 0 Å². The fourth-order valence-electron chi connectivity index (χ4n) is 0.393. The van der Waals surface area contributed by atoms with Gasteiger partial charge in [0.25, 0.3) is 0 Å². The minimum atomic E-state index is 0. The third-order valence-corrected chi connectivity index (χ3v) is 0.655. The normalized spacial score (nSPS) is 9.60. The number of rotatable bonds is 0. The van der Waals surface area contributed by atoms with Crippen molar-refractivity contribution in [3.8, 4) is 0 Å². The first-order chi connectivity index (χ1) is 4.50. The van der Waals surface area contributed by atoms with Gasteiger partial charge in [0, 0.05) is 16.8 Å². The van der Waals surface area contributed by atoms with Crippen molar-refractivity contribution >= 4 is 13.6 Å². The summed E-state index contributed by atoms with van der Waals surface area (Å²) in [4.78, 5) is 16.0. The molecule has 0 aliphatic heterocycles. The average Bonchev–Trinajstić information content (AvgIpc) is 2.51. The van der Waals surface area contributed by atoms with E-state index in [4.69, 9.17) is 9.59 Å². The van der Waals surface area contributed by atoms with Crippen molar-refractivity contribution in [3.05, 3.63) is 24.3 Å². The van der Waals surface area contributed by atoms with Gasteiger partial charge in [-0.3, -0.25) is 0 Å². The number of hydrogen-bond donors (Lipinski definition) is 0. The largest absolute Gasteiger partial charge is 0.307 e. The molecular weight excluding hydrogens is 175 g/mol.